The second-order valence-electron chi connectivity index (χ2n) is 9.32. The summed E-state index contributed by atoms with van der Waals surface area (Å²) in [6, 6.07) is 10.7. The maximum Gasteiger partial charge on any atom is 0.415 e. The van der Waals surface area contributed by atoms with Crippen LogP contribution in [0.2, 0.25) is 0 Å². The first kappa shape index (κ1) is 32.0. The van der Waals surface area contributed by atoms with Gasteiger partial charge in [-0.2, -0.15) is 0 Å². The van der Waals surface area contributed by atoms with E-state index >= 15 is 0 Å². The van der Waals surface area contributed by atoms with Gasteiger partial charge in [0.15, 0.2) is 6.10 Å². The number of ether oxygens (including phenoxy) is 4. The lowest BCUT2D eigenvalue weighted by molar-refractivity contribution is -0.149. The number of rotatable bonds is 16. The molecular weight excluding hydrogens is 512 g/mol. The van der Waals surface area contributed by atoms with Crippen molar-refractivity contribution < 1.29 is 42.4 Å². The van der Waals surface area contributed by atoms with Gasteiger partial charge in [-0.15, -0.1) is 0 Å². The highest BCUT2D eigenvalue weighted by molar-refractivity contribution is 5.73. The molecule has 0 radical (unpaired) electrons. The van der Waals surface area contributed by atoms with Crippen LogP contribution >= 0.6 is 0 Å². The number of carbonyl (C=O) groups is 2. The first-order valence-corrected chi connectivity index (χ1v) is 13.0. The highest BCUT2D eigenvalue weighted by Crippen LogP contribution is 2.25. The number of carbonyl (C=O) groups excluding carboxylic acids is 1. The minimum absolute atomic E-state index is 0.0406. The number of carboxylic acid groups (broad SMARTS) is 1. The molecule has 2 aromatic carbocycles. The quantitative estimate of drug-likeness (QED) is 0.272. The van der Waals surface area contributed by atoms with Gasteiger partial charge in [0.2, 0.25) is 0 Å². The van der Waals surface area contributed by atoms with E-state index < -0.39 is 30.7 Å². The molecule has 1 amide bonds. The van der Waals surface area contributed by atoms with Crippen LogP contribution in [0, 0.1) is 20.8 Å². The fraction of sp³-hybridized carbons (Fsp3) is 0.517. The number of hydrogen-bond donors (Lipinski definition) is 1. The number of benzene rings is 2. The number of aliphatic carboxylic acids is 1. The van der Waals surface area contributed by atoms with Gasteiger partial charge in [-0.05, 0) is 56.5 Å². The predicted octanol–water partition coefficient (Wildman–Crippen LogP) is 5.59. The van der Waals surface area contributed by atoms with Crippen molar-refractivity contribution in [3.05, 3.63) is 58.7 Å². The van der Waals surface area contributed by atoms with Gasteiger partial charge in [-0.1, -0.05) is 36.8 Å². The molecule has 0 aromatic heterocycles. The van der Waals surface area contributed by atoms with E-state index in [-0.39, 0.29) is 39.1 Å². The molecule has 39 heavy (non-hydrogen) atoms. The van der Waals surface area contributed by atoms with E-state index in [0.717, 1.165) is 22.3 Å². The summed E-state index contributed by atoms with van der Waals surface area (Å²) in [5, 5.41) is 9.26. The van der Waals surface area contributed by atoms with Gasteiger partial charge >= 0.3 is 12.1 Å². The lowest BCUT2D eigenvalue weighted by Gasteiger charge is -2.24. The number of halogens is 2. The van der Waals surface area contributed by atoms with E-state index in [1.165, 1.54) is 11.8 Å². The molecule has 1 unspecified atom stereocenters. The van der Waals surface area contributed by atoms with Crippen LogP contribution in [0.5, 0.6) is 11.5 Å². The van der Waals surface area contributed by atoms with Crippen LogP contribution in [0.3, 0.4) is 0 Å². The molecule has 0 bridgehead atoms. The zero-order valence-corrected chi connectivity index (χ0v) is 23.3. The Labute approximate surface area is 228 Å². The summed E-state index contributed by atoms with van der Waals surface area (Å²) >= 11 is 0. The zero-order chi connectivity index (χ0) is 29.0. The Kier molecular flexibility index (Phi) is 12.6. The predicted molar refractivity (Wildman–Crippen MR) is 143 cm³/mol. The molecule has 0 aliphatic heterocycles. The monoisotopic (exact) mass is 551 g/mol. The smallest absolute Gasteiger partial charge is 0.415 e. The molecule has 0 aliphatic carbocycles. The highest BCUT2D eigenvalue weighted by atomic mass is 19.3. The lowest BCUT2D eigenvalue weighted by Crippen LogP contribution is -2.39. The number of alkyl halides is 2. The van der Waals surface area contributed by atoms with Gasteiger partial charge in [-0.25, -0.2) is 18.4 Å². The third-order valence-electron chi connectivity index (χ3n) is 6.01. The molecule has 0 saturated carbocycles. The summed E-state index contributed by atoms with van der Waals surface area (Å²) < 4.78 is 48.9. The number of nitrogens with zero attached hydrogens (tertiary/aromatic N) is 1. The molecule has 216 valence electrons. The van der Waals surface area contributed by atoms with Crippen LogP contribution in [-0.4, -0.2) is 73.6 Å². The van der Waals surface area contributed by atoms with Crippen molar-refractivity contribution in [1.29, 1.82) is 0 Å². The molecule has 0 saturated heterocycles. The van der Waals surface area contributed by atoms with Gasteiger partial charge in [-0.3, -0.25) is 0 Å². The number of amides is 1. The molecule has 0 aliphatic rings. The van der Waals surface area contributed by atoms with Crippen molar-refractivity contribution in [2.24, 2.45) is 0 Å². The summed E-state index contributed by atoms with van der Waals surface area (Å²) in [5.41, 5.74) is 3.44. The molecule has 2 aromatic rings. The minimum atomic E-state index is -2.93. The number of carboxylic acids is 1. The van der Waals surface area contributed by atoms with Gasteiger partial charge < -0.3 is 29.0 Å². The van der Waals surface area contributed by atoms with E-state index in [9.17, 15) is 23.5 Å². The Bertz CT molecular complexity index is 1050. The van der Waals surface area contributed by atoms with E-state index in [4.69, 9.17) is 18.9 Å². The van der Waals surface area contributed by atoms with Crippen LogP contribution in [-0.2, 0) is 20.7 Å². The first-order chi connectivity index (χ1) is 18.5. The van der Waals surface area contributed by atoms with Crippen LogP contribution in [0.25, 0.3) is 0 Å². The average Bonchev–Trinajstić information content (AvgIpc) is 2.88. The van der Waals surface area contributed by atoms with Gasteiger partial charge in [0.05, 0.1) is 13.2 Å². The Balaban J connectivity index is 2.01. The SMILES string of the molecule is CCOC(Cc1ccc(OCCN(CCOCC(F)(F)CC)C(=O)Oc2c(C)cc(C)cc2C)cc1)C(=O)O. The highest BCUT2D eigenvalue weighted by Gasteiger charge is 2.26. The van der Waals surface area contributed by atoms with Crippen LogP contribution < -0.4 is 9.47 Å². The standard InChI is InChI=1S/C29H39F2NO7/c1-6-29(30,31)19-36-14-12-32(28(35)39-26-21(4)16-20(3)17-22(26)5)13-15-38-24-10-8-23(9-11-24)18-25(27(33)34)37-7-2/h8-11,16-17,25H,6-7,12-15,18-19H2,1-5H3,(H,33,34). The Hall–Kier alpha value is -3.24. The van der Waals surface area contributed by atoms with Gasteiger partial charge in [0.1, 0.15) is 24.7 Å². The van der Waals surface area contributed by atoms with Crippen molar-refractivity contribution in [3.63, 3.8) is 0 Å². The Morgan fingerprint density at radius 3 is 2.18 bits per heavy atom. The number of hydrogen-bond acceptors (Lipinski definition) is 6. The summed E-state index contributed by atoms with van der Waals surface area (Å²) in [6.45, 7) is 8.54. The molecular formula is C29H39F2NO7. The van der Waals surface area contributed by atoms with E-state index in [2.05, 4.69) is 0 Å². The first-order valence-electron chi connectivity index (χ1n) is 13.0. The molecule has 10 heteroatoms. The van der Waals surface area contributed by atoms with E-state index in [1.54, 1.807) is 31.2 Å². The van der Waals surface area contributed by atoms with Gasteiger partial charge in [0, 0.05) is 26.0 Å². The third kappa shape index (κ3) is 10.8. The maximum atomic E-state index is 13.5. The van der Waals surface area contributed by atoms with Crippen LogP contribution in [0.15, 0.2) is 36.4 Å². The fourth-order valence-corrected chi connectivity index (χ4v) is 3.90. The fourth-order valence-electron chi connectivity index (χ4n) is 3.90. The molecule has 0 spiro atoms. The normalized spacial score (nSPS) is 12.2. The molecule has 1 N–H and O–H groups in total. The van der Waals surface area contributed by atoms with Gasteiger partial charge in [0.25, 0.3) is 5.92 Å². The third-order valence-corrected chi connectivity index (χ3v) is 6.01. The zero-order valence-electron chi connectivity index (χ0n) is 23.3. The second-order valence-corrected chi connectivity index (χ2v) is 9.32. The van der Waals surface area contributed by atoms with Crippen molar-refractivity contribution >= 4 is 12.1 Å². The molecule has 8 nitrogen and oxygen atoms in total. The summed E-state index contributed by atoms with van der Waals surface area (Å²) in [5.74, 6) is -2.97. The summed E-state index contributed by atoms with van der Waals surface area (Å²) in [4.78, 5) is 25.7. The summed E-state index contributed by atoms with van der Waals surface area (Å²) in [7, 11) is 0. The van der Waals surface area contributed by atoms with Crippen LogP contribution in [0.1, 0.15) is 42.5 Å². The molecule has 0 heterocycles. The van der Waals surface area contributed by atoms with Crippen LogP contribution in [0.4, 0.5) is 13.6 Å². The Morgan fingerprint density at radius 1 is 1.00 bits per heavy atom. The summed E-state index contributed by atoms with van der Waals surface area (Å²) in [6.07, 6.45) is -1.68. The average molecular weight is 552 g/mol. The van der Waals surface area contributed by atoms with Crippen molar-refractivity contribution in [2.75, 3.05) is 39.5 Å². The van der Waals surface area contributed by atoms with E-state index in [0.29, 0.717) is 18.1 Å². The second kappa shape index (κ2) is 15.4. The number of aryl methyl sites for hydroxylation is 3. The molecule has 0 fully saturated rings. The maximum absolute atomic E-state index is 13.5. The largest absolute Gasteiger partial charge is 0.492 e. The van der Waals surface area contributed by atoms with Crippen molar-refractivity contribution in [1.82, 2.24) is 4.90 Å². The van der Waals surface area contributed by atoms with E-state index in [1.807, 2.05) is 32.9 Å². The van der Waals surface area contributed by atoms with Crippen molar-refractivity contribution in [3.8, 4) is 11.5 Å². The minimum Gasteiger partial charge on any atom is -0.492 e. The topological polar surface area (TPSA) is 94.5 Å². The molecule has 1 atom stereocenters. The Morgan fingerprint density at radius 2 is 1.62 bits per heavy atom. The molecule has 2 rings (SSSR count). The van der Waals surface area contributed by atoms with Crippen molar-refractivity contribution in [2.45, 2.75) is 59.5 Å². The lowest BCUT2D eigenvalue weighted by atomic mass is 10.1.